The Bertz CT molecular complexity index is 239. The van der Waals surface area contributed by atoms with Crippen molar-refractivity contribution in [3.8, 4) is 0 Å². The van der Waals surface area contributed by atoms with Crippen LogP contribution in [0.3, 0.4) is 0 Å². The summed E-state index contributed by atoms with van der Waals surface area (Å²) in [5.74, 6) is 2.79. The number of nitrogens with one attached hydrogen (secondary N) is 1. The van der Waals surface area contributed by atoms with E-state index >= 15 is 0 Å². The lowest BCUT2D eigenvalue weighted by atomic mass is 9.74. The zero-order valence-electron chi connectivity index (χ0n) is 10.9. The number of nitrogens with zero attached hydrogens (tertiary/aromatic N) is 1. The van der Waals surface area contributed by atoms with Gasteiger partial charge in [0.1, 0.15) is 0 Å². The zero-order chi connectivity index (χ0) is 11.6. The fraction of sp³-hybridized carbons (Fsp3) is 1.00. The SMILES string of the molecule is C1CSCC(N2CCCC3(CCCNC3)C2)C1. The third-order valence-electron chi connectivity index (χ3n) is 4.90. The first-order valence-electron chi connectivity index (χ1n) is 7.41. The molecule has 1 spiro atoms. The number of rotatable bonds is 1. The molecule has 3 aliphatic rings. The highest BCUT2D eigenvalue weighted by Crippen LogP contribution is 2.37. The van der Waals surface area contributed by atoms with Crippen molar-refractivity contribution in [2.24, 2.45) is 5.41 Å². The summed E-state index contributed by atoms with van der Waals surface area (Å²) < 4.78 is 0. The Labute approximate surface area is 110 Å². The van der Waals surface area contributed by atoms with Crippen LogP contribution in [-0.2, 0) is 0 Å². The maximum Gasteiger partial charge on any atom is 0.0186 e. The Morgan fingerprint density at radius 1 is 1.18 bits per heavy atom. The van der Waals surface area contributed by atoms with Gasteiger partial charge in [0.25, 0.3) is 0 Å². The van der Waals surface area contributed by atoms with Crippen LogP contribution in [0.2, 0.25) is 0 Å². The molecule has 0 radical (unpaired) electrons. The highest BCUT2D eigenvalue weighted by Gasteiger charge is 2.38. The second kappa shape index (κ2) is 5.50. The van der Waals surface area contributed by atoms with Crippen LogP contribution in [0, 0.1) is 5.41 Å². The van der Waals surface area contributed by atoms with Gasteiger partial charge in [0.05, 0.1) is 0 Å². The molecule has 2 unspecified atom stereocenters. The predicted octanol–water partition coefficient (Wildman–Crippen LogP) is 2.35. The van der Waals surface area contributed by atoms with Crippen LogP contribution in [0.25, 0.3) is 0 Å². The van der Waals surface area contributed by atoms with Crippen LogP contribution in [0.15, 0.2) is 0 Å². The van der Waals surface area contributed by atoms with E-state index in [1.807, 2.05) is 0 Å². The largest absolute Gasteiger partial charge is 0.316 e. The first-order valence-corrected chi connectivity index (χ1v) is 8.56. The molecule has 0 aromatic carbocycles. The van der Waals surface area contributed by atoms with E-state index in [9.17, 15) is 0 Å². The molecule has 3 fully saturated rings. The molecule has 0 saturated carbocycles. The molecule has 2 atom stereocenters. The van der Waals surface area contributed by atoms with E-state index in [4.69, 9.17) is 0 Å². The van der Waals surface area contributed by atoms with E-state index in [1.165, 1.54) is 76.2 Å². The fourth-order valence-corrected chi connectivity index (χ4v) is 5.14. The third-order valence-corrected chi connectivity index (χ3v) is 6.10. The molecule has 3 saturated heterocycles. The molecule has 0 aliphatic carbocycles. The Balaban J connectivity index is 1.61. The van der Waals surface area contributed by atoms with E-state index in [2.05, 4.69) is 22.0 Å². The minimum Gasteiger partial charge on any atom is -0.316 e. The maximum atomic E-state index is 3.64. The van der Waals surface area contributed by atoms with Crippen molar-refractivity contribution < 1.29 is 0 Å². The van der Waals surface area contributed by atoms with Crippen molar-refractivity contribution in [3.63, 3.8) is 0 Å². The van der Waals surface area contributed by atoms with E-state index in [0.29, 0.717) is 5.41 Å². The topological polar surface area (TPSA) is 15.3 Å². The van der Waals surface area contributed by atoms with Crippen molar-refractivity contribution in [1.82, 2.24) is 10.2 Å². The summed E-state index contributed by atoms with van der Waals surface area (Å²) in [4.78, 5) is 2.84. The van der Waals surface area contributed by atoms with Crippen molar-refractivity contribution >= 4 is 11.8 Å². The van der Waals surface area contributed by atoms with E-state index < -0.39 is 0 Å². The van der Waals surface area contributed by atoms with Crippen LogP contribution in [-0.4, -0.2) is 48.6 Å². The quantitative estimate of drug-likeness (QED) is 0.773. The van der Waals surface area contributed by atoms with Gasteiger partial charge in [0.15, 0.2) is 0 Å². The van der Waals surface area contributed by atoms with Crippen molar-refractivity contribution in [1.29, 1.82) is 0 Å². The molecule has 3 aliphatic heterocycles. The zero-order valence-corrected chi connectivity index (χ0v) is 11.7. The van der Waals surface area contributed by atoms with Crippen LogP contribution in [0.4, 0.5) is 0 Å². The molecule has 0 amide bonds. The first kappa shape index (κ1) is 12.3. The lowest BCUT2D eigenvalue weighted by Crippen LogP contribution is -2.54. The number of hydrogen-bond donors (Lipinski definition) is 1. The molecule has 17 heavy (non-hydrogen) atoms. The standard InChI is InChI=1S/C14H26N2S/c1-4-13(10-17-9-1)16-8-3-6-14(12-16)5-2-7-15-11-14/h13,15H,1-12H2. The normalized spacial score (nSPS) is 40.6. The minimum atomic E-state index is 0.638. The second-order valence-corrected chi connectivity index (χ2v) is 7.38. The summed E-state index contributed by atoms with van der Waals surface area (Å²) in [6.07, 6.45) is 8.66. The van der Waals surface area contributed by atoms with Crippen LogP contribution >= 0.6 is 11.8 Å². The Morgan fingerprint density at radius 3 is 2.88 bits per heavy atom. The van der Waals surface area contributed by atoms with Gasteiger partial charge in [-0.15, -0.1) is 0 Å². The van der Waals surface area contributed by atoms with Gasteiger partial charge in [-0.2, -0.15) is 11.8 Å². The van der Waals surface area contributed by atoms with Gasteiger partial charge in [-0.05, 0) is 62.8 Å². The molecule has 3 heteroatoms. The maximum absolute atomic E-state index is 3.64. The number of hydrogen-bond acceptors (Lipinski definition) is 3. The van der Waals surface area contributed by atoms with Crippen molar-refractivity contribution in [2.75, 3.05) is 37.7 Å². The fourth-order valence-electron chi connectivity index (χ4n) is 3.95. The highest BCUT2D eigenvalue weighted by molar-refractivity contribution is 7.99. The molecule has 0 aromatic heterocycles. The highest BCUT2D eigenvalue weighted by atomic mass is 32.2. The van der Waals surface area contributed by atoms with Crippen LogP contribution < -0.4 is 5.32 Å². The van der Waals surface area contributed by atoms with Gasteiger partial charge in [-0.1, -0.05) is 0 Å². The van der Waals surface area contributed by atoms with Gasteiger partial charge < -0.3 is 5.32 Å². The summed E-state index contributed by atoms with van der Waals surface area (Å²) >= 11 is 2.17. The summed E-state index contributed by atoms with van der Waals surface area (Å²) in [6.45, 7) is 5.28. The predicted molar refractivity (Wildman–Crippen MR) is 75.7 cm³/mol. The molecule has 3 heterocycles. The van der Waals surface area contributed by atoms with Crippen molar-refractivity contribution in [2.45, 2.75) is 44.6 Å². The summed E-state index contributed by atoms with van der Waals surface area (Å²) in [5.41, 5.74) is 0.638. The molecule has 2 nitrogen and oxygen atoms in total. The van der Waals surface area contributed by atoms with Crippen LogP contribution in [0.5, 0.6) is 0 Å². The summed E-state index contributed by atoms with van der Waals surface area (Å²) in [6, 6.07) is 0.896. The Kier molecular flexibility index (Phi) is 3.98. The van der Waals surface area contributed by atoms with E-state index in [1.54, 1.807) is 0 Å². The van der Waals surface area contributed by atoms with Gasteiger partial charge >= 0.3 is 0 Å². The smallest absolute Gasteiger partial charge is 0.0186 e. The molecular formula is C14H26N2S. The van der Waals surface area contributed by atoms with Crippen molar-refractivity contribution in [3.05, 3.63) is 0 Å². The summed E-state index contributed by atoms with van der Waals surface area (Å²) in [7, 11) is 0. The van der Waals surface area contributed by atoms with Gasteiger partial charge in [-0.3, -0.25) is 4.90 Å². The number of thioether (sulfide) groups is 1. The molecule has 3 rings (SSSR count). The first-order chi connectivity index (χ1) is 8.38. The lowest BCUT2D eigenvalue weighted by Gasteiger charge is -2.48. The average Bonchev–Trinajstić information content (AvgIpc) is 2.41. The van der Waals surface area contributed by atoms with E-state index in [0.717, 1.165) is 6.04 Å². The molecule has 0 bridgehead atoms. The Hall–Kier alpha value is 0.270. The molecular weight excluding hydrogens is 228 g/mol. The van der Waals surface area contributed by atoms with Crippen LogP contribution in [0.1, 0.15) is 38.5 Å². The van der Waals surface area contributed by atoms with Gasteiger partial charge in [-0.25, -0.2) is 0 Å². The molecule has 98 valence electrons. The number of piperidine rings is 2. The molecule has 0 aromatic rings. The second-order valence-electron chi connectivity index (χ2n) is 6.23. The van der Waals surface area contributed by atoms with Gasteiger partial charge in [0.2, 0.25) is 0 Å². The Morgan fingerprint density at radius 2 is 2.12 bits per heavy atom. The number of likely N-dealkylation sites (tertiary alicyclic amines) is 1. The molecule has 1 N–H and O–H groups in total. The van der Waals surface area contributed by atoms with Gasteiger partial charge in [0, 0.05) is 24.9 Å². The average molecular weight is 254 g/mol. The lowest BCUT2D eigenvalue weighted by molar-refractivity contribution is 0.0402. The minimum absolute atomic E-state index is 0.638. The third kappa shape index (κ3) is 2.82. The van der Waals surface area contributed by atoms with E-state index in [-0.39, 0.29) is 0 Å². The summed E-state index contributed by atoms with van der Waals surface area (Å²) in [5, 5.41) is 3.64. The monoisotopic (exact) mass is 254 g/mol.